The summed E-state index contributed by atoms with van der Waals surface area (Å²) in [5.74, 6) is -0.966. The van der Waals surface area contributed by atoms with E-state index in [1.165, 1.54) is 0 Å². The molecule has 2 fully saturated rings. The van der Waals surface area contributed by atoms with E-state index in [0.717, 1.165) is 19.3 Å². The molecule has 2 aliphatic rings. The molecule has 0 aromatic heterocycles. The third-order valence-electron chi connectivity index (χ3n) is 4.18. The predicted molar refractivity (Wildman–Crippen MR) is 65.2 cm³/mol. The fourth-order valence-corrected chi connectivity index (χ4v) is 2.95. The molecule has 18 heavy (non-hydrogen) atoms. The maximum Gasteiger partial charge on any atom is 0.410 e. The molecule has 5 nitrogen and oxygen atoms in total. The Balaban J connectivity index is 1.91. The van der Waals surface area contributed by atoms with Crippen LogP contribution in [-0.2, 0) is 9.53 Å². The lowest BCUT2D eigenvalue weighted by molar-refractivity contribution is -0.144. The normalized spacial score (nSPS) is 30.7. The number of carboxylic acid groups (broad SMARTS) is 1. The lowest BCUT2D eigenvalue weighted by Gasteiger charge is -2.54. The average Bonchev–Trinajstić information content (AvgIpc) is 2.35. The number of amides is 1. The van der Waals surface area contributed by atoms with Crippen LogP contribution in [0.15, 0.2) is 12.7 Å². The number of aliphatic carboxylic acids is 1. The van der Waals surface area contributed by atoms with Crippen LogP contribution in [0.1, 0.15) is 32.1 Å². The van der Waals surface area contributed by atoms with Crippen molar-refractivity contribution in [1.29, 1.82) is 0 Å². The van der Waals surface area contributed by atoms with Crippen molar-refractivity contribution in [3.63, 3.8) is 0 Å². The minimum Gasteiger partial charge on any atom is -0.481 e. The van der Waals surface area contributed by atoms with Crippen molar-refractivity contribution < 1.29 is 19.4 Å². The molecule has 0 radical (unpaired) electrons. The number of carbonyl (C=O) groups excluding carboxylic acids is 1. The van der Waals surface area contributed by atoms with E-state index in [-0.39, 0.29) is 24.2 Å². The Morgan fingerprint density at radius 1 is 1.39 bits per heavy atom. The van der Waals surface area contributed by atoms with E-state index in [1.807, 2.05) is 0 Å². The first-order chi connectivity index (χ1) is 8.59. The first kappa shape index (κ1) is 12.9. The van der Waals surface area contributed by atoms with E-state index in [4.69, 9.17) is 9.84 Å². The number of nitrogens with zero attached hydrogens (tertiary/aromatic N) is 1. The van der Waals surface area contributed by atoms with Crippen LogP contribution in [0.3, 0.4) is 0 Å². The quantitative estimate of drug-likeness (QED) is 0.781. The number of carboxylic acids is 1. The molecular weight excluding hydrogens is 234 g/mol. The van der Waals surface area contributed by atoms with Crippen LogP contribution in [0.4, 0.5) is 4.79 Å². The van der Waals surface area contributed by atoms with Crippen molar-refractivity contribution in [3.05, 3.63) is 12.7 Å². The summed E-state index contributed by atoms with van der Waals surface area (Å²) < 4.78 is 5.05. The van der Waals surface area contributed by atoms with E-state index < -0.39 is 5.97 Å². The molecule has 0 aromatic rings. The predicted octanol–water partition coefficient (Wildman–Crippen LogP) is 2.03. The summed E-state index contributed by atoms with van der Waals surface area (Å²) >= 11 is 0. The Morgan fingerprint density at radius 2 is 2.06 bits per heavy atom. The Hall–Kier alpha value is -1.52. The van der Waals surface area contributed by atoms with Gasteiger partial charge in [0.15, 0.2) is 0 Å². The average molecular weight is 253 g/mol. The highest BCUT2D eigenvalue weighted by Crippen LogP contribution is 2.45. The van der Waals surface area contributed by atoms with Gasteiger partial charge in [-0.05, 0) is 32.1 Å². The third kappa shape index (κ3) is 2.21. The molecule has 0 aromatic carbocycles. The Kier molecular flexibility index (Phi) is 3.59. The molecule has 1 aliphatic carbocycles. The van der Waals surface area contributed by atoms with Gasteiger partial charge in [-0.25, -0.2) is 4.79 Å². The summed E-state index contributed by atoms with van der Waals surface area (Å²) in [6.45, 7) is 4.45. The van der Waals surface area contributed by atoms with E-state index >= 15 is 0 Å². The van der Waals surface area contributed by atoms with Gasteiger partial charge in [0.2, 0.25) is 0 Å². The highest BCUT2D eigenvalue weighted by atomic mass is 16.6. The lowest BCUT2D eigenvalue weighted by atomic mass is 9.69. The summed E-state index contributed by atoms with van der Waals surface area (Å²) in [5, 5.41) is 8.97. The Bertz CT molecular complexity index is 358. The molecule has 1 amide bonds. The molecule has 0 atom stereocenters. The molecule has 100 valence electrons. The summed E-state index contributed by atoms with van der Waals surface area (Å²) in [7, 11) is 0. The van der Waals surface area contributed by atoms with Crippen LogP contribution in [0.25, 0.3) is 0 Å². The van der Waals surface area contributed by atoms with Crippen molar-refractivity contribution in [2.45, 2.75) is 37.6 Å². The number of ether oxygens (including phenoxy) is 1. The minimum atomic E-state index is -0.718. The summed E-state index contributed by atoms with van der Waals surface area (Å²) in [6.07, 6.45) is 5.06. The standard InChI is InChI=1S/C13H19NO4/c1-2-9-18-12(17)14-8-7-13(14)5-3-10(4-6-13)11(15)16/h2,10H,1,3-9H2,(H,15,16). The van der Waals surface area contributed by atoms with Gasteiger partial charge < -0.3 is 14.7 Å². The van der Waals surface area contributed by atoms with E-state index in [2.05, 4.69) is 6.58 Å². The molecule has 5 heteroatoms. The summed E-state index contributed by atoms with van der Waals surface area (Å²) in [4.78, 5) is 24.5. The smallest absolute Gasteiger partial charge is 0.410 e. The molecule has 0 unspecified atom stereocenters. The molecule has 1 spiro atoms. The maximum absolute atomic E-state index is 11.8. The first-order valence-electron chi connectivity index (χ1n) is 6.37. The summed E-state index contributed by atoms with van der Waals surface area (Å²) in [6, 6.07) is 0. The van der Waals surface area contributed by atoms with Crippen LogP contribution in [0, 0.1) is 5.92 Å². The third-order valence-corrected chi connectivity index (χ3v) is 4.18. The van der Waals surface area contributed by atoms with Crippen molar-refractivity contribution >= 4 is 12.1 Å². The molecule has 1 saturated heterocycles. The van der Waals surface area contributed by atoms with Crippen LogP contribution < -0.4 is 0 Å². The van der Waals surface area contributed by atoms with Gasteiger partial charge in [-0.2, -0.15) is 0 Å². The number of hydrogen-bond acceptors (Lipinski definition) is 3. The van der Waals surface area contributed by atoms with Crippen LogP contribution in [0.5, 0.6) is 0 Å². The molecule has 0 bridgehead atoms. The van der Waals surface area contributed by atoms with Gasteiger partial charge in [-0.15, -0.1) is 0 Å². The van der Waals surface area contributed by atoms with Crippen LogP contribution in [-0.4, -0.2) is 40.8 Å². The van der Waals surface area contributed by atoms with E-state index in [1.54, 1.807) is 11.0 Å². The topological polar surface area (TPSA) is 66.8 Å². The lowest BCUT2D eigenvalue weighted by Crippen LogP contribution is -2.63. The van der Waals surface area contributed by atoms with Gasteiger partial charge in [0.05, 0.1) is 5.92 Å². The highest BCUT2D eigenvalue weighted by molar-refractivity contribution is 5.71. The Labute approximate surface area is 106 Å². The number of rotatable bonds is 3. The zero-order valence-electron chi connectivity index (χ0n) is 10.4. The number of likely N-dealkylation sites (tertiary alicyclic amines) is 1. The second-order valence-electron chi connectivity index (χ2n) is 5.10. The largest absolute Gasteiger partial charge is 0.481 e. The molecule has 1 aliphatic heterocycles. The van der Waals surface area contributed by atoms with Crippen molar-refractivity contribution in [2.75, 3.05) is 13.2 Å². The Morgan fingerprint density at radius 3 is 2.50 bits per heavy atom. The van der Waals surface area contributed by atoms with Gasteiger partial charge in [-0.3, -0.25) is 4.79 Å². The zero-order valence-corrected chi connectivity index (χ0v) is 10.4. The van der Waals surface area contributed by atoms with Gasteiger partial charge >= 0.3 is 12.1 Å². The number of carbonyl (C=O) groups is 2. The molecule has 1 saturated carbocycles. The maximum atomic E-state index is 11.8. The highest BCUT2D eigenvalue weighted by Gasteiger charge is 2.50. The second kappa shape index (κ2) is 5.00. The summed E-state index contributed by atoms with van der Waals surface area (Å²) in [5.41, 5.74) is -0.135. The monoisotopic (exact) mass is 253 g/mol. The number of hydrogen-bond donors (Lipinski definition) is 1. The fourth-order valence-electron chi connectivity index (χ4n) is 2.95. The van der Waals surface area contributed by atoms with Gasteiger partial charge in [0.25, 0.3) is 0 Å². The molecule has 1 heterocycles. The fraction of sp³-hybridized carbons (Fsp3) is 0.692. The van der Waals surface area contributed by atoms with Gasteiger partial charge in [0, 0.05) is 12.1 Å². The van der Waals surface area contributed by atoms with E-state index in [0.29, 0.717) is 19.4 Å². The SMILES string of the molecule is C=CCOC(=O)N1CCC12CCC(C(=O)O)CC2. The van der Waals surface area contributed by atoms with Crippen molar-refractivity contribution in [1.82, 2.24) is 4.90 Å². The van der Waals surface area contributed by atoms with Crippen molar-refractivity contribution in [2.24, 2.45) is 5.92 Å². The molecule has 2 rings (SSSR count). The minimum absolute atomic E-state index is 0.135. The van der Waals surface area contributed by atoms with Crippen molar-refractivity contribution in [3.8, 4) is 0 Å². The second-order valence-corrected chi connectivity index (χ2v) is 5.10. The van der Waals surface area contributed by atoms with E-state index in [9.17, 15) is 9.59 Å². The zero-order chi connectivity index (χ0) is 13.2. The van der Waals surface area contributed by atoms with Crippen LogP contribution >= 0.6 is 0 Å². The van der Waals surface area contributed by atoms with Gasteiger partial charge in [-0.1, -0.05) is 12.7 Å². The molecular formula is C13H19NO4. The van der Waals surface area contributed by atoms with Gasteiger partial charge in [0.1, 0.15) is 6.61 Å². The van der Waals surface area contributed by atoms with Crippen LogP contribution in [0.2, 0.25) is 0 Å². The first-order valence-corrected chi connectivity index (χ1v) is 6.37. The molecule has 1 N–H and O–H groups in total.